The molecule has 1 heterocycles. The monoisotopic (exact) mass is 401 g/mol. The summed E-state index contributed by atoms with van der Waals surface area (Å²) in [7, 11) is -3.69. The van der Waals surface area contributed by atoms with E-state index in [1.807, 2.05) is 0 Å². The molecule has 0 unspecified atom stereocenters. The fourth-order valence-electron chi connectivity index (χ4n) is 2.91. The van der Waals surface area contributed by atoms with Crippen molar-refractivity contribution in [2.24, 2.45) is 0 Å². The molecule has 1 atom stereocenters. The molecule has 1 aliphatic heterocycles. The highest BCUT2D eigenvalue weighted by Gasteiger charge is 2.34. The van der Waals surface area contributed by atoms with Gasteiger partial charge >= 0.3 is 6.03 Å². The molecule has 1 aliphatic rings. The number of urea groups is 1. The van der Waals surface area contributed by atoms with Crippen molar-refractivity contribution in [3.8, 4) is 0 Å². The summed E-state index contributed by atoms with van der Waals surface area (Å²) in [6.45, 7) is 6.63. The lowest BCUT2D eigenvalue weighted by Crippen LogP contribution is -3.19. The number of sulfonamides is 1. The number of nitrogens with one attached hydrogen (secondary N) is 3. The topological polar surface area (TPSA) is 100 Å². The minimum absolute atomic E-state index is 0.0449. The number of piperazine rings is 1. The van der Waals surface area contributed by atoms with Crippen LogP contribution in [0.25, 0.3) is 0 Å². The van der Waals surface area contributed by atoms with Crippen LogP contribution < -0.4 is 15.5 Å². The molecule has 0 bridgehead atoms. The molecule has 10 heteroatoms. The first kappa shape index (κ1) is 21.3. The van der Waals surface area contributed by atoms with Crippen LogP contribution in [0.5, 0.6) is 0 Å². The molecule has 0 aliphatic carbocycles. The lowest BCUT2D eigenvalue weighted by Gasteiger charge is -2.34. The third-order valence-electron chi connectivity index (χ3n) is 4.48. The van der Waals surface area contributed by atoms with E-state index in [1.165, 1.54) is 16.4 Å². The molecule has 1 fully saturated rings. The smallest absolute Gasteiger partial charge is 0.321 e. The molecular formula is C17H26FN4O4S+. The van der Waals surface area contributed by atoms with Gasteiger partial charge in [0.15, 0.2) is 6.04 Å². The lowest BCUT2D eigenvalue weighted by molar-refractivity contribution is -0.917. The van der Waals surface area contributed by atoms with Crippen molar-refractivity contribution >= 4 is 22.0 Å². The van der Waals surface area contributed by atoms with E-state index in [-0.39, 0.29) is 24.0 Å². The predicted octanol–water partition coefficient (Wildman–Crippen LogP) is -0.662. The Morgan fingerprint density at radius 1 is 1.11 bits per heavy atom. The summed E-state index contributed by atoms with van der Waals surface area (Å²) in [6, 6.07) is 3.60. The van der Waals surface area contributed by atoms with Crippen molar-refractivity contribution in [2.45, 2.75) is 37.8 Å². The van der Waals surface area contributed by atoms with Crippen LogP contribution in [0.4, 0.5) is 9.18 Å². The van der Waals surface area contributed by atoms with Gasteiger partial charge in [-0.05, 0) is 45.0 Å². The molecule has 0 saturated carbocycles. The SMILES string of the molecule is CC(C)NC(=O)NC(=O)[C@@H](C)[NH+]1CCN(S(=O)(=O)c2ccc(F)cc2)CC1. The van der Waals surface area contributed by atoms with Crippen LogP contribution in [0.3, 0.4) is 0 Å². The van der Waals surface area contributed by atoms with Crippen molar-refractivity contribution in [1.29, 1.82) is 0 Å². The predicted molar refractivity (Wildman–Crippen MR) is 97.1 cm³/mol. The molecule has 8 nitrogen and oxygen atoms in total. The van der Waals surface area contributed by atoms with E-state index >= 15 is 0 Å². The van der Waals surface area contributed by atoms with Gasteiger partial charge in [0, 0.05) is 6.04 Å². The maximum Gasteiger partial charge on any atom is 0.321 e. The number of amides is 3. The van der Waals surface area contributed by atoms with E-state index in [0.717, 1.165) is 17.0 Å². The second-order valence-corrected chi connectivity index (χ2v) is 8.79. The van der Waals surface area contributed by atoms with Gasteiger partial charge in [-0.3, -0.25) is 10.1 Å². The van der Waals surface area contributed by atoms with Gasteiger partial charge in [0.25, 0.3) is 5.91 Å². The second-order valence-electron chi connectivity index (χ2n) is 6.86. The molecule has 150 valence electrons. The quantitative estimate of drug-likeness (QED) is 0.610. The average Bonchev–Trinajstić information content (AvgIpc) is 2.60. The van der Waals surface area contributed by atoms with Gasteiger partial charge < -0.3 is 10.2 Å². The van der Waals surface area contributed by atoms with Crippen LogP contribution in [0.1, 0.15) is 20.8 Å². The van der Waals surface area contributed by atoms with Crippen LogP contribution >= 0.6 is 0 Å². The zero-order chi connectivity index (χ0) is 20.2. The van der Waals surface area contributed by atoms with Gasteiger partial charge in [-0.2, -0.15) is 4.31 Å². The fourth-order valence-corrected chi connectivity index (χ4v) is 4.35. The van der Waals surface area contributed by atoms with Gasteiger partial charge in [-0.15, -0.1) is 0 Å². The summed E-state index contributed by atoms with van der Waals surface area (Å²) < 4.78 is 39.6. The highest BCUT2D eigenvalue weighted by Crippen LogP contribution is 2.16. The van der Waals surface area contributed by atoms with Crippen LogP contribution in [-0.4, -0.2) is 62.9 Å². The molecule has 0 aromatic heterocycles. The maximum absolute atomic E-state index is 13.0. The van der Waals surface area contributed by atoms with Crippen LogP contribution in [0.15, 0.2) is 29.2 Å². The number of benzene rings is 1. The van der Waals surface area contributed by atoms with Crippen LogP contribution in [0, 0.1) is 5.82 Å². The van der Waals surface area contributed by atoms with E-state index < -0.39 is 33.8 Å². The molecule has 1 aromatic carbocycles. The third kappa shape index (κ3) is 5.47. The van der Waals surface area contributed by atoms with Crippen molar-refractivity contribution in [2.75, 3.05) is 26.2 Å². The van der Waals surface area contributed by atoms with Crippen LogP contribution in [-0.2, 0) is 14.8 Å². The number of nitrogens with zero attached hydrogens (tertiary/aromatic N) is 1. The Balaban J connectivity index is 1.93. The summed E-state index contributed by atoms with van der Waals surface area (Å²) in [6.07, 6.45) is 0. The minimum atomic E-state index is -3.69. The normalized spacial score (nSPS) is 17.5. The van der Waals surface area contributed by atoms with E-state index in [9.17, 15) is 22.4 Å². The molecule has 3 amide bonds. The first-order valence-corrected chi connectivity index (χ1v) is 10.3. The number of carbonyl (C=O) groups excluding carboxylic acids is 2. The number of imide groups is 1. The van der Waals surface area contributed by atoms with Gasteiger partial charge in [0.1, 0.15) is 5.82 Å². The summed E-state index contributed by atoms with van der Waals surface area (Å²) >= 11 is 0. The molecule has 2 rings (SSSR count). The number of hydrogen-bond donors (Lipinski definition) is 3. The van der Waals surface area contributed by atoms with Gasteiger partial charge in [-0.25, -0.2) is 17.6 Å². The number of halogens is 1. The average molecular weight is 401 g/mol. The van der Waals surface area contributed by atoms with E-state index in [0.29, 0.717) is 13.1 Å². The molecule has 3 N–H and O–H groups in total. The molecule has 1 saturated heterocycles. The molecule has 27 heavy (non-hydrogen) atoms. The number of hydrogen-bond acceptors (Lipinski definition) is 4. The van der Waals surface area contributed by atoms with Crippen LogP contribution in [0.2, 0.25) is 0 Å². The third-order valence-corrected chi connectivity index (χ3v) is 6.39. The summed E-state index contributed by atoms with van der Waals surface area (Å²) in [4.78, 5) is 24.8. The molecule has 1 aromatic rings. The summed E-state index contributed by atoms with van der Waals surface area (Å²) in [5.41, 5.74) is 0. The molecular weight excluding hydrogens is 375 g/mol. The zero-order valence-corrected chi connectivity index (χ0v) is 16.5. The van der Waals surface area contributed by atoms with Crippen molar-refractivity contribution < 1.29 is 27.3 Å². The largest absolute Gasteiger partial charge is 0.336 e. The van der Waals surface area contributed by atoms with E-state index in [4.69, 9.17) is 0 Å². The molecule has 0 radical (unpaired) electrons. The highest BCUT2D eigenvalue weighted by atomic mass is 32.2. The fraction of sp³-hybridized carbons (Fsp3) is 0.529. The van der Waals surface area contributed by atoms with Crippen molar-refractivity contribution in [3.05, 3.63) is 30.1 Å². The Labute approximate surface area is 158 Å². The number of quaternary nitrogens is 1. The minimum Gasteiger partial charge on any atom is -0.336 e. The first-order chi connectivity index (χ1) is 12.6. The van der Waals surface area contributed by atoms with Gasteiger partial charge in [-0.1, -0.05) is 0 Å². The standard InChI is InChI=1S/C17H25FN4O4S/c1-12(2)19-17(24)20-16(23)13(3)21-8-10-22(11-9-21)27(25,26)15-6-4-14(18)5-7-15/h4-7,12-13H,8-11H2,1-3H3,(H2,19,20,23,24)/p+1/t13-/m1/s1. The molecule has 0 spiro atoms. The maximum atomic E-state index is 13.0. The number of carbonyl (C=O) groups is 2. The first-order valence-electron chi connectivity index (χ1n) is 8.83. The van der Waals surface area contributed by atoms with Crippen molar-refractivity contribution in [1.82, 2.24) is 14.9 Å². The Morgan fingerprint density at radius 3 is 2.19 bits per heavy atom. The van der Waals surface area contributed by atoms with Crippen molar-refractivity contribution in [3.63, 3.8) is 0 Å². The van der Waals surface area contributed by atoms with E-state index in [1.54, 1.807) is 20.8 Å². The highest BCUT2D eigenvalue weighted by molar-refractivity contribution is 7.89. The Hall–Kier alpha value is -2.04. The summed E-state index contributed by atoms with van der Waals surface area (Å²) in [5.74, 6) is -0.900. The Morgan fingerprint density at radius 2 is 1.67 bits per heavy atom. The number of rotatable bonds is 5. The Bertz CT molecular complexity index is 775. The zero-order valence-electron chi connectivity index (χ0n) is 15.7. The summed E-state index contributed by atoms with van der Waals surface area (Å²) in [5, 5.41) is 4.89. The van der Waals surface area contributed by atoms with Gasteiger partial charge in [0.2, 0.25) is 10.0 Å². The Kier molecular flexibility index (Phi) is 6.90. The van der Waals surface area contributed by atoms with Gasteiger partial charge in [0.05, 0.1) is 31.1 Å². The second kappa shape index (κ2) is 8.77. The van der Waals surface area contributed by atoms with E-state index in [2.05, 4.69) is 10.6 Å². The lowest BCUT2D eigenvalue weighted by atomic mass is 10.2.